The van der Waals surface area contributed by atoms with Crippen LogP contribution in [0.5, 0.6) is 5.88 Å². The van der Waals surface area contributed by atoms with Gasteiger partial charge in [-0.25, -0.2) is 4.98 Å². The van der Waals surface area contributed by atoms with Crippen molar-refractivity contribution in [2.75, 3.05) is 19.7 Å². The number of aromatic hydroxyl groups is 1. The number of esters is 1. The summed E-state index contributed by atoms with van der Waals surface area (Å²) in [7, 11) is 0. The number of piperidine rings is 1. The molecule has 3 heterocycles. The number of aryl methyl sites for hydroxylation is 1. The molecule has 1 fully saturated rings. The van der Waals surface area contributed by atoms with E-state index in [0.717, 1.165) is 10.4 Å². The van der Waals surface area contributed by atoms with Gasteiger partial charge in [-0.15, -0.1) is 5.10 Å². The van der Waals surface area contributed by atoms with Crippen molar-refractivity contribution in [1.29, 1.82) is 0 Å². The molecule has 10 heteroatoms. The van der Waals surface area contributed by atoms with Crippen molar-refractivity contribution in [2.45, 2.75) is 39.2 Å². The first-order chi connectivity index (χ1) is 14.9. The van der Waals surface area contributed by atoms with Crippen LogP contribution in [0.15, 0.2) is 18.2 Å². The van der Waals surface area contributed by atoms with Crippen molar-refractivity contribution < 1.29 is 14.6 Å². The third-order valence-corrected chi connectivity index (χ3v) is 7.39. The monoisotopic (exact) mass is 482 g/mol. The molecule has 0 unspecified atom stereocenters. The van der Waals surface area contributed by atoms with Crippen LogP contribution in [-0.4, -0.2) is 50.3 Å². The molecule has 1 atom stereocenters. The maximum Gasteiger partial charge on any atom is 0.309 e. The molecule has 0 bridgehead atoms. The second-order valence-electron chi connectivity index (χ2n) is 7.50. The van der Waals surface area contributed by atoms with Crippen molar-refractivity contribution >= 4 is 45.5 Å². The van der Waals surface area contributed by atoms with Crippen molar-refractivity contribution in [1.82, 2.24) is 19.5 Å². The molecule has 1 aliphatic rings. The highest BCUT2D eigenvalue weighted by atomic mass is 35.5. The SMILES string of the molecule is CCOC(=O)C1CCN([C@@H](c2ccc(Cl)c(Cl)c2)c2sc3nc(CC)nn3c2O)CC1. The van der Waals surface area contributed by atoms with Gasteiger partial charge in [0, 0.05) is 6.42 Å². The molecule has 1 aromatic carbocycles. The second-order valence-corrected chi connectivity index (χ2v) is 9.33. The van der Waals surface area contributed by atoms with Crippen LogP contribution in [0.2, 0.25) is 10.0 Å². The summed E-state index contributed by atoms with van der Waals surface area (Å²) in [5.74, 6) is 0.529. The number of benzene rings is 1. The van der Waals surface area contributed by atoms with Crippen LogP contribution in [0, 0.1) is 5.92 Å². The molecular formula is C21H24Cl2N4O3S. The van der Waals surface area contributed by atoms with Gasteiger partial charge in [-0.2, -0.15) is 4.52 Å². The first kappa shape index (κ1) is 22.3. The summed E-state index contributed by atoms with van der Waals surface area (Å²) in [4.78, 5) is 20.3. The minimum atomic E-state index is -0.253. The van der Waals surface area contributed by atoms with Gasteiger partial charge in [0.15, 0.2) is 5.82 Å². The van der Waals surface area contributed by atoms with E-state index in [2.05, 4.69) is 15.0 Å². The highest BCUT2D eigenvalue weighted by Gasteiger charge is 2.34. The Bertz CT molecular complexity index is 1090. The number of carbonyl (C=O) groups is 1. The molecule has 31 heavy (non-hydrogen) atoms. The lowest BCUT2D eigenvalue weighted by atomic mass is 9.93. The summed E-state index contributed by atoms with van der Waals surface area (Å²) in [5.41, 5.74) is 0.916. The Morgan fingerprint density at radius 1 is 1.29 bits per heavy atom. The van der Waals surface area contributed by atoms with E-state index in [1.807, 2.05) is 26.0 Å². The number of rotatable bonds is 6. The van der Waals surface area contributed by atoms with Gasteiger partial charge in [0.25, 0.3) is 0 Å². The predicted molar refractivity (Wildman–Crippen MR) is 121 cm³/mol. The maximum absolute atomic E-state index is 12.2. The number of fused-ring (bicyclic) bond motifs is 1. The van der Waals surface area contributed by atoms with Crippen molar-refractivity contribution in [2.24, 2.45) is 5.92 Å². The topological polar surface area (TPSA) is 80.0 Å². The molecule has 1 aliphatic heterocycles. The van der Waals surface area contributed by atoms with Crippen LogP contribution in [0.1, 0.15) is 49.0 Å². The van der Waals surface area contributed by atoms with Crippen LogP contribution in [-0.2, 0) is 16.0 Å². The molecule has 0 aliphatic carbocycles. The average Bonchev–Trinajstić information content (AvgIpc) is 3.31. The fourth-order valence-corrected chi connectivity index (χ4v) is 5.43. The number of carbonyl (C=O) groups excluding carboxylic acids is 1. The molecule has 0 saturated carbocycles. The Kier molecular flexibility index (Phi) is 6.71. The summed E-state index contributed by atoms with van der Waals surface area (Å²) in [6.07, 6.45) is 2.08. The van der Waals surface area contributed by atoms with Crippen LogP contribution < -0.4 is 0 Å². The summed E-state index contributed by atoms with van der Waals surface area (Å²) < 4.78 is 6.69. The number of hydrogen-bond acceptors (Lipinski definition) is 7. The van der Waals surface area contributed by atoms with E-state index < -0.39 is 0 Å². The first-order valence-electron chi connectivity index (χ1n) is 10.4. The Balaban J connectivity index is 1.69. The van der Waals surface area contributed by atoms with E-state index in [1.165, 1.54) is 15.9 Å². The van der Waals surface area contributed by atoms with Gasteiger partial charge in [-0.3, -0.25) is 9.69 Å². The summed E-state index contributed by atoms with van der Waals surface area (Å²) in [5, 5.41) is 16.3. The Labute approximate surface area is 194 Å². The van der Waals surface area contributed by atoms with Crippen LogP contribution >= 0.6 is 34.5 Å². The molecule has 4 rings (SSSR count). The Hall–Kier alpha value is -1.87. The number of thiazole rings is 1. The van der Waals surface area contributed by atoms with Crippen molar-refractivity contribution in [3.63, 3.8) is 0 Å². The number of likely N-dealkylation sites (tertiary alicyclic amines) is 1. The zero-order chi connectivity index (χ0) is 22.1. The van der Waals surface area contributed by atoms with E-state index >= 15 is 0 Å². The van der Waals surface area contributed by atoms with E-state index in [0.29, 0.717) is 59.8 Å². The van der Waals surface area contributed by atoms with E-state index in [9.17, 15) is 9.90 Å². The molecule has 1 saturated heterocycles. The van der Waals surface area contributed by atoms with Crippen LogP contribution in [0.4, 0.5) is 0 Å². The minimum Gasteiger partial charge on any atom is -0.492 e. The third-order valence-electron chi connectivity index (χ3n) is 5.58. The lowest BCUT2D eigenvalue weighted by Crippen LogP contribution is -2.39. The molecule has 3 aromatic rings. The minimum absolute atomic E-state index is 0.0794. The van der Waals surface area contributed by atoms with Gasteiger partial charge in [0.2, 0.25) is 10.8 Å². The first-order valence-corrected chi connectivity index (χ1v) is 11.9. The fraction of sp³-hybridized carbons (Fsp3) is 0.476. The fourth-order valence-electron chi connectivity index (χ4n) is 3.98. The highest BCUT2D eigenvalue weighted by Crippen LogP contribution is 2.42. The highest BCUT2D eigenvalue weighted by molar-refractivity contribution is 7.17. The molecular weight excluding hydrogens is 459 g/mol. The van der Waals surface area contributed by atoms with Crippen LogP contribution in [0.25, 0.3) is 4.96 Å². The number of nitrogens with zero attached hydrogens (tertiary/aromatic N) is 4. The largest absolute Gasteiger partial charge is 0.492 e. The molecule has 0 radical (unpaired) electrons. The molecule has 166 valence electrons. The molecule has 7 nitrogen and oxygen atoms in total. The maximum atomic E-state index is 12.2. The van der Waals surface area contributed by atoms with Gasteiger partial charge in [-0.1, -0.05) is 47.5 Å². The Morgan fingerprint density at radius 3 is 2.65 bits per heavy atom. The van der Waals surface area contributed by atoms with Crippen LogP contribution in [0.3, 0.4) is 0 Å². The lowest BCUT2D eigenvalue weighted by Gasteiger charge is -2.36. The van der Waals surface area contributed by atoms with E-state index in [4.69, 9.17) is 27.9 Å². The second kappa shape index (κ2) is 9.32. The normalized spacial score (nSPS) is 16.6. The summed E-state index contributed by atoms with van der Waals surface area (Å²) in [6.45, 7) is 5.55. The van der Waals surface area contributed by atoms with E-state index in [-0.39, 0.29) is 23.8 Å². The lowest BCUT2D eigenvalue weighted by molar-refractivity contribution is -0.149. The summed E-state index contributed by atoms with van der Waals surface area (Å²) in [6, 6.07) is 5.26. The van der Waals surface area contributed by atoms with Crippen molar-refractivity contribution in [3.8, 4) is 5.88 Å². The quantitative estimate of drug-likeness (QED) is 0.511. The molecule has 0 spiro atoms. The van der Waals surface area contributed by atoms with Gasteiger partial charge >= 0.3 is 5.97 Å². The van der Waals surface area contributed by atoms with Crippen molar-refractivity contribution in [3.05, 3.63) is 44.5 Å². The number of hydrogen-bond donors (Lipinski definition) is 1. The molecule has 2 aromatic heterocycles. The van der Waals surface area contributed by atoms with Gasteiger partial charge < -0.3 is 9.84 Å². The number of ether oxygens (including phenoxy) is 1. The summed E-state index contributed by atoms with van der Waals surface area (Å²) >= 11 is 13.9. The molecule has 1 N–H and O–H groups in total. The number of halogens is 2. The predicted octanol–water partition coefficient (Wildman–Crippen LogP) is 4.73. The van der Waals surface area contributed by atoms with E-state index in [1.54, 1.807) is 6.07 Å². The van der Waals surface area contributed by atoms with Gasteiger partial charge in [0.1, 0.15) is 0 Å². The number of aromatic nitrogens is 3. The van der Waals surface area contributed by atoms with Gasteiger partial charge in [0.05, 0.1) is 33.5 Å². The zero-order valence-corrected chi connectivity index (χ0v) is 19.7. The Morgan fingerprint density at radius 2 is 2.03 bits per heavy atom. The van der Waals surface area contributed by atoms with Gasteiger partial charge in [-0.05, 0) is 50.6 Å². The average molecular weight is 483 g/mol. The zero-order valence-electron chi connectivity index (χ0n) is 17.3. The third kappa shape index (κ3) is 4.39. The standard InChI is InChI=1S/C21H24Cl2N4O3S/c1-3-16-24-21-27(25-16)19(28)18(31-21)17(13-5-6-14(22)15(23)11-13)26-9-7-12(8-10-26)20(29)30-4-2/h5-6,11-12,17,28H,3-4,7-10H2,1-2H3/t17-/m0/s1. The molecule has 0 amide bonds. The smallest absolute Gasteiger partial charge is 0.309 e.